The van der Waals surface area contributed by atoms with E-state index in [2.05, 4.69) is 9.97 Å². The fourth-order valence-corrected chi connectivity index (χ4v) is 2.90. The van der Waals surface area contributed by atoms with E-state index in [1.54, 1.807) is 4.90 Å². The van der Waals surface area contributed by atoms with Crippen molar-refractivity contribution >= 4 is 11.6 Å². The molecule has 144 valence electrons. The summed E-state index contributed by atoms with van der Waals surface area (Å²) in [6.45, 7) is 6.45. The summed E-state index contributed by atoms with van der Waals surface area (Å²) in [6, 6.07) is 19.4. The molecule has 0 atom stereocenters. The molecule has 5 heteroatoms. The van der Waals surface area contributed by atoms with Crippen LogP contribution in [0.2, 0.25) is 0 Å². The maximum atomic E-state index is 12.8. The summed E-state index contributed by atoms with van der Waals surface area (Å²) in [5.74, 6) is 0.953. The van der Waals surface area contributed by atoms with E-state index in [0.29, 0.717) is 18.2 Å². The number of hydrogen-bond acceptors (Lipinski definition) is 4. The van der Waals surface area contributed by atoms with Crippen LogP contribution in [0.3, 0.4) is 0 Å². The molecule has 2 aromatic carbocycles. The minimum atomic E-state index is -0.0926. The highest BCUT2D eigenvalue weighted by atomic mass is 16.5. The van der Waals surface area contributed by atoms with Crippen LogP contribution in [0.15, 0.2) is 60.7 Å². The molecular weight excluding hydrogens is 350 g/mol. The molecule has 0 saturated carbocycles. The van der Waals surface area contributed by atoms with E-state index in [4.69, 9.17) is 4.74 Å². The predicted molar refractivity (Wildman–Crippen MR) is 112 cm³/mol. The molecule has 0 spiro atoms. The molecule has 0 aliphatic heterocycles. The smallest absolute Gasteiger partial charge is 0.264 e. The van der Waals surface area contributed by atoms with Crippen molar-refractivity contribution in [1.82, 2.24) is 9.97 Å². The van der Waals surface area contributed by atoms with Crippen molar-refractivity contribution in [2.75, 3.05) is 18.1 Å². The monoisotopic (exact) mass is 375 g/mol. The Balaban J connectivity index is 1.79. The number of nitrogens with zero attached hydrogens (tertiary/aromatic N) is 3. The van der Waals surface area contributed by atoms with Gasteiger partial charge in [-0.25, -0.2) is 4.98 Å². The first-order chi connectivity index (χ1) is 13.6. The maximum absolute atomic E-state index is 12.8. The number of aryl methyl sites for hydroxylation is 1. The van der Waals surface area contributed by atoms with Gasteiger partial charge in [-0.1, -0.05) is 55.5 Å². The highest BCUT2D eigenvalue weighted by Gasteiger charge is 2.17. The van der Waals surface area contributed by atoms with E-state index in [1.807, 2.05) is 81.4 Å². The lowest BCUT2D eigenvalue weighted by Crippen LogP contribution is -2.35. The van der Waals surface area contributed by atoms with Gasteiger partial charge in [0.05, 0.1) is 0 Å². The van der Waals surface area contributed by atoms with Gasteiger partial charge in [0, 0.05) is 29.1 Å². The molecule has 0 aliphatic carbocycles. The molecule has 0 unspecified atom stereocenters. The number of ether oxygens (including phenoxy) is 1. The Morgan fingerprint density at radius 2 is 1.61 bits per heavy atom. The number of benzene rings is 2. The van der Waals surface area contributed by atoms with Crippen LogP contribution in [0.1, 0.15) is 24.6 Å². The number of hydrogen-bond donors (Lipinski definition) is 0. The van der Waals surface area contributed by atoms with Gasteiger partial charge in [0.25, 0.3) is 5.91 Å². The minimum Gasteiger partial charge on any atom is -0.467 e. The summed E-state index contributed by atoms with van der Waals surface area (Å²) < 4.78 is 5.85. The summed E-state index contributed by atoms with van der Waals surface area (Å²) in [5.41, 5.74) is 3.47. The third-order valence-corrected chi connectivity index (χ3v) is 4.53. The number of carbonyl (C=O) groups excluding carboxylic acids is 1. The molecule has 3 aromatic rings. The van der Waals surface area contributed by atoms with Gasteiger partial charge < -0.3 is 9.64 Å². The predicted octanol–water partition coefficient (Wildman–Crippen LogP) is 4.58. The molecule has 1 amide bonds. The highest BCUT2D eigenvalue weighted by molar-refractivity contribution is 5.94. The van der Waals surface area contributed by atoms with Crippen molar-refractivity contribution in [3.05, 3.63) is 71.9 Å². The summed E-state index contributed by atoms with van der Waals surface area (Å²) in [6.07, 6.45) is 0.866. The van der Waals surface area contributed by atoms with Gasteiger partial charge in [-0.3, -0.25) is 4.79 Å². The van der Waals surface area contributed by atoms with Crippen LogP contribution in [0.25, 0.3) is 11.4 Å². The SMILES string of the molecule is CCCN(C(=O)COc1nc(-c2ccccc2)nc(C)c1C)c1ccccc1. The lowest BCUT2D eigenvalue weighted by Gasteiger charge is -2.22. The molecule has 28 heavy (non-hydrogen) atoms. The highest BCUT2D eigenvalue weighted by Crippen LogP contribution is 2.23. The van der Waals surface area contributed by atoms with Crippen molar-refractivity contribution < 1.29 is 9.53 Å². The van der Waals surface area contributed by atoms with Gasteiger partial charge in [0.2, 0.25) is 5.88 Å². The molecule has 0 aliphatic rings. The van der Waals surface area contributed by atoms with Gasteiger partial charge in [-0.15, -0.1) is 0 Å². The standard InChI is InChI=1S/C23H25N3O2/c1-4-15-26(20-13-9-6-10-14-20)21(27)16-28-23-17(2)18(3)24-22(25-23)19-11-7-5-8-12-19/h5-14H,4,15-16H2,1-3H3. The Morgan fingerprint density at radius 3 is 2.25 bits per heavy atom. The lowest BCUT2D eigenvalue weighted by molar-refractivity contribution is -0.120. The Labute approximate surface area is 166 Å². The fourth-order valence-electron chi connectivity index (χ4n) is 2.90. The number of aromatic nitrogens is 2. The normalized spacial score (nSPS) is 10.5. The van der Waals surface area contributed by atoms with Gasteiger partial charge in [0.1, 0.15) is 0 Å². The Kier molecular flexibility index (Phi) is 6.37. The lowest BCUT2D eigenvalue weighted by atomic mass is 10.2. The topological polar surface area (TPSA) is 55.3 Å². The molecule has 0 fully saturated rings. The summed E-state index contributed by atoms with van der Waals surface area (Å²) in [7, 11) is 0. The molecule has 1 heterocycles. The van der Waals surface area contributed by atoms with Gasteiger partial charge in [-0.2, -0.15) is 4.98 Å². The zero-order chi connectivity index (χ0) is 19.9. The first-order valence-electron chi connectivity index (χ1n) is 9.49. The molecule has 0 bridgehead atoms. The molecule has 0 N–H and O–H groups in total. The zero-order valence-electron chi connectivity index (χ0n) is 16.6. The van der Waals surface area contributed by atoms with Gasteiger partial charge in [0.15, 0.2) is 12.4 Å². The van der Waals surface area contributed by atoms with Crippen molar-refractivity contribution in [2.24, 2.45) is 0 Å². The first-order valence-corrected chi connectivity index (χ1v) is 9.49. The van der Waals surface area contributed by atoms with E-state index >= 15 is 0 Å². The van der Waals surface area contributed by atoms with Crippen LogP contribution in [-0.2, 0) is 4.79 Å². The Hall–Kier alpha value is -3.21. The van der Waals surface area contributed by atoms with Crippen molar-refractivity contribution in [1.29, 1.82) is 0 Å². The average molecular weight is 375 g/mol. The van der Waals surface area contributed by atoms with Crippen LogP contribution < -0.4 is 9.64 Å². The number of amides is 1. The van der Waals surface area contributed by atoms with Crippen molar-refractivity contribution in [2.45, 2.75) is 27.2 Å². The summed E-state index contributed by atoms with van der Waals surface area (Å²) in [4.78, 5) is 23.7. The fraction of sp³-hybridized carbons (Fsp3) is 0.261. The quantitative estimate of drug-likeness (QED) is 0.606. The Morgan fingerprint density at radius 1 is 0.964 bits per heavy atom. The van der Waals surface area contributed by atoms with Crippen molar-refractivity contribution in [3.8, 4) is 17.3 Å². The molecule has 3 rings (SSSR count). The molecular formula is C23H25N3O2. The number of carbonyl (C=O) groups is 1. The molecule has 0 saturated heterocycles. The second-order valence-corrected chi connectivity index (χ2v) is 6.60. The minimum absolute atomic E-state index is 0.0690. The largest absolute Gasteiger partial charge is 0.467 e. The van der Waals surface area contributed by atoms with Crippen LogP contribution in [0.4, 0.5) is 5.69 Å². The molecule has 1 aromatic heterocycles. The third kappa shape index (κ3) is 4.55. The average Bonchev–Trinajstić information content (AvgIpc) is 2.74. The van der Waals surface area contributed by atoms with E-state index in [-0.39, 0.29) is 12.5 Å². The summed E-state index contributed by atoms with van der Waals surface area (Å²) >= 11 is 0. The number of anilines is 1. The second-order valence-electron chi connectivity index (χ2n) is 6.60. The van der Waals surface area contributed by atoms with Crippen LogP contribution in [0.5, 0.6) is 5.88 Å². The van der Waals surface area contributed by atoms with Gasteiger partial charge in [-0.05, 0) is 32.4 Å². The van der Waals surface area contributed by atoms with Crippen LogP contribution in [0, 0.1) is 13.8 Å². The zero-order valence-corrected chi connectivity index (χ0v) is 16.6. The third-order valence-electron chi connectivity index (χ3n) is 4.53. The van der Waals surface area contributed by atoms with Gasteiger partial charge >= 0.3 is 0 Å². The van der Waals surface area contributed by atoms with E-state index in [9.17, 15) is 4.79 Å². The van der Waals surface area contributed by atoms with E-state index in [0.717, 1.165) is 28.9 Å². The Bertz CT molecular complexity index is 927. The van der Waals surface area contributed by atoms with Crippen molar-refractivity contribution in [3.63, 3.8) is 0 Å². The van der Waals surface area contributed by atoms with E-state index in [1.165, 1.54) is 0 Å². The maximum Gasteiger partial charge on any atom is 0.264 e. The number of para-hydroxylation sites is 1. The summed E-state index contributed by atoms with van der Waals surface area (Å²) in [5, 5.41) is 0. The number of rotatable bonds is 7. The van der Waals surface area contributed by atoms with Crippen LogP contribution in [-0.4, -0.2) is 29.0 Å². The molecule has 0 radical (unpaired) electrons. The second kappa shape index (κ2) is 9.13. The van der Waals surface area contributed by atoms with Crippen LogP contribution >= 0.6 is 0 Å². The molecule has 5 nitrogen and oxygen atoms in total. The first kappa shape index (κ1) is 19.5. The van der Waals surface area contributed by atoms with E-state index < -0.39 is 0 Å².